The Labute approximate surface area is 193 Å². The number of methoxy groups -OCH3 is 1. The molecule has 0 saturated carbocycles. The zero-order chi connectivity index (χ0) is 23.4. The fraction of sp³-hybridized carbons (Fsp3) is 0.385. The normalized spacial score (nSPS) is 16.0. The highest BCUT2D eigenvalue weighted by Gasteiger charge is 2.33. The van der Waals surface area contributed by atoms with Gasteiger partial charge in [0.05, 0.1) is 13.5 Å². The second-order valence-electron chi connectivity index (χ2n) is 8.71. The van der Waals surface area contributed by atoms with Crippen LogP contribution in [0.2, 0.25) is 0 Å². The Hall–Kier alpha value is -3.32. The van der Waals surface area contributed by atoms with E-state index in [4.69, 9.17) is 9.84 Å². The van der Waals surface area contributed by atoms with Gasteiger partial charge in [0.2, 0.25) is 0 Å². The molecule has 1 aliphatic heterocycles. The Morgan fingerprint density at radius 3 is 2.45 bits per heavy atom. The quantitative estimate of drug-likeness (QED) is 0.508. The maximum Gasteiger partial charge on any atom is 0.325 e. The maximum absolute atomic E-state index is 12.5. The summed E-state index contributed by atoms with van der Waals surface area (Å²) in [7, 11) is 1.58. The molecule has 7 heteroatoms. The van der Waals surface area contributed by atoms with Crippen LogP contribution in [0.25, 0.3) is 10.9 Å². The monoisotopic (exact) mass is 450 g/mol. The minimum Gasteiger partial charge on any atom is -0.497 e. The Morgan fingerprint density at radius 1 is 1.09 bits per heavy atom. The van der Waals surface area contributed by atoms with Crippen LogP contribution in [0.4, 0.5) is 0 Å². The van der Waals surface area contributed by atoms with Gasteiger partial charge in [-0.2, -0.15) is 0 Å². The van der Waals surface area contributed by atoms with Crippen LogP contribution in [0.1, 0.15) is 36.4 Å². The SMILES string of the molecule is COc1ccc2c(c1)c(C(C(=O)O)N1CCC(Cc3ccccc3)CC1)cn2CCC(=O)O. The summed E-state index contributed by atoms with van der Waals surface area (Å²) in [5.74, 6) is -0.598. The number of rotatable bonds is 9. The van der Waals surface area contributed by atoms with Crippen LogP contribution in [0, 0.1) is 5.92 Å². The van der Waals surface area contributed by atoms with Gasteiger partial charge in [-0.25, -0.2) is 0 Å². The summed E-state index contributed by atoms with van der Waals surface area (Å²) in [6.45, 7) is 1.70. The van der Waals surface area contributed by atoms with Gasteiger partial charge in [0.15, 0.2) is 0 Å². The first-order valence-corrected chi connectivity index (χ1v) is 11.4. The lowest BCUT2D eigenvalue weighted by molar-refractivity contribution is -0.144. The van der Waals surface area contributed by atoms with E-state index in [9.17, 15) is 14.7 Å². The number of fused-ring (bicyclic) bond motifs is 1. The number of nitrogens with zero attached hydrogens (tertiary/aromatic N) is 2. The number of likely N-dealkylation sites (tertiary alicyclic amines) is 1. The average Bonchev–Trinajstić information content (AvgIpc) is 3.16. The Morgan fingerprint density at radius 2 is 1.82 bits per heavy atom. The van der Waals surface area contributed by atoms with E-state index in [-0.39, 0.29) is 13.0 Å². The maximum atomic E-state index is 12.5. The van der Waals surface area contributed by atoms with E-state index >= 15 is 0 Å². The van der Waals surface area contributed by atoms with Gasteiger partial charge < -0.3 is 19.5 Å². The minimum atomic E-state index is -0.892. The standard InChI is InChI=1S/C26H30N2O5/c1-33-20-7-8-23-21(16-20)22(17-28(23)14-11-24(29)30)25(26(31)32)27-12-9-19(10-13-27)15-18-5-3-2-4-6-18/h2-8,16-17,19,25H,9-15H2,1H3,(H,29,30)(H,31,32). The molecule has 0 spiro atoms. The van der Waals surface area contributed by atoms with E-state index in [1.54, 1.807) is 7.11 Å². The molecule has 0 radical (unpaired) electrons. The number of ether oxygens (including phenoxy) is 1. The van der Waals surface area contributed by atoms with Crippen molar-refractivity contribution in [2.24, 2.45) is 5.92 Å². The highest BCUT2D eigenvalue weighted by molar-refractivity contribution is 5.90. The number of aryl methyl sites for hydroxylation is 1. The van der Waals surface area contributed by atoms with Gasteiger partial charge in [0.1, 0.15) is 11.8 Å². The van der Waals surface area contributed by atoms with Crippen molar-refractivity contribution in [2.45, 2.75) is 38.3 Å². The zero-order valence-electron chi connectivity index (χ0n) is 18.8. The van der Waals surface area contributed by atoms with Crippen LogP contribution in [0.5, 0.6) is 5.75 Å². The molecule has 1 saturated heterocycles. The first-order chi connectivity index (χ1) is 16.0. The molecule has 0 aliphatic carbocycles. The van der Waals surface area contributed by atoms with Crippen LogP contribution in [-0.2, 0) is 22.6 Å². The van der Waals surface area contributed by atoms with Crippen molar-refractivity contribution in [3.05, 3.63) is 65.9 Å². The number of piperidine rings is 1. The number of hydrogen-bond donors (Lipinski definition) is 2. The highest BCUT2D eigenvalue weighted by atomic mass is 16.5. The zero-order valence-corrected chi connectivity index (χ0v) is 18.8. The lowest BCUT2D eigenvalue weighted by Gasteiger charge is -2.35. The van der Waals surface area contributed by atoms with Crippen molar-refractivity contribution in [1.29, 1.82) is 0 Å². The fourth-order valence-electron chi connectivity index (χ4n) is 4.90. The first-order valence-electron chi connectivity index (χ1n) is 11.4. The minimum absolute atomic E-state index is 0.0299. The van der Waals surface area contributed by atoms with Gasteiger partial charge in [0.25, 0.3) is 0 Å². The number of aromatic nitrogens is 1. The van der Waals surface area contributed by atoms with Crippen LogP contribution < -0.4 is 4.74 Å². The van der Waals surface area contributed by atoms with E-state index in [1.807, 2.05) is 39.9 Å². The summed E-state index contributed by atoms with van der Waals surface area (Å²) in [4.78, 5) is 25.6. The van der Waals surface area contributed by atoms with Crippen molar-refractivity contribution in [3.8, 4) is 5.75 Å². The predicted molar refractivity (Wildman–Crippen MR) is 126 cm³/mol. The molecule has 0 bridgehead atoms. The molecule has 1 fully saturated rings. The van der Waals surface area contributed by atoms with E-state index in [0.717, 1.165) is 30.2 Å². The van der Waals surface area contributed by atoms with Gasteiger partial charge in [-0.1, -0.05) is 30.3 Å². The third kappa shape index (κ3) is 5.20. The van der Waals surface area contributed by atoms with Crippen LogP contribution >= 0.6 is 0 Å². The molecule has 1 atom stereocenters. The van der Waals surface area contributed by atoms with Gasteiger partial charge >= 0.3 is 11.9 Å². The molecule has 2 aromatic carbocycles. The topological polar surface area (TPSA) is 92.0 Å². The fourth-order valence-corrected chi connectivity index (χ4v) is 4.90. The first kappa shape index (κ1) is 22.9. The smallest absolute Gasteiger partial charge is 0.325 e. The molecule has 33 heavy (non-hydrogen) atoms. The second kappa shape index (κ2) is 10.1. The molecule has 4 rings (SSSR count). The molecule has 0 amide bonds. The van der Waals surface area contributed by atoms with Crippen molar-refractivity contribution in [2.75, 3.05) is 20.2 Å². The Kier molecular flexibility index (Phi) is 6.99. The number of benzene rings is 2. The molecule has 1 unspecified atom stereocenters. The number of hydrogen-bond acceptors (Lipinski definition) is 4. The van der Waals surface area contributed by atoms with E-state index in [2.05, 4.69) is 24.3 Å². The number of aliphatic carboxylic acids is 2. The van der Waals surface area contributed by atoms with Crippen molar-refractivity contribution >= 4 is 22.8 Å². The van der Waals surface area contributed by atoms with Gasteiger partial charge in [-0.3, -0.25) is 14.5 Å². The summed E-state index contributed by atoms with van der Waals surface area (Å²) >= 11 is 0. The average molecular weight is 451 g/mol. The highest BCUT2D eigenvalue weighted by Crippen LogP contribution is 2.35. The predicted octanol–water partition coefficient (Wildman–Crippen LogP) is 4.21. The Bertz CT molecular complexity index is 1120. The largest absolute Gasteiger partial charge is 0.497 e. The summed E-state index contributed by atoms with van der Waals surface area (Å²) in [6, 6.07) is 15.2. The lowest BCUT2D eigenvalue weighted by atomic mass is 9.89. The molecule has 3 aromatic rings. The summed E-state index contributed by atoms with van der Waals surface area (Å²) in [6.07, 6.45) is 4.68. The molecule has 2 N–H and O–H groups in total. The second-order valence-corrected chi connectivity index (χ2v) is 8.71. The molecule has 1 aromatic heterocycles. The van der Waals surface area contributed by atoms with Crippen molar-refractivity contribution in [3.63, 3.8) is 0 Å². The molecule has 7 nitrogen and oxygen atoms in total. The number of carboxylic acids is 2. The van der Waals surface area contributed by atoms with Crippen LogP contribution in [-0.4, -0.2) is 51.8 Å². The molecule has 2 heterocycles. The van der Waals surface area contributed by atoms with Gasteiger partial charge in [0, 0.05) is 29.2 Å². The molecular formula is C26H30N2O5. The summed E-state index contributed by atoms with van der Waals surface area (Å²) < 4.78 is 7.22. The summed E-state index contributed by atoms with van der Waals surface area (Å²) in [5.41, 5.74) is 2.82. The van der Waals surface area contributed by atoms with Gasteiger partial charge in [-0.05, 0) is 62.0 Å². The van der Waals surface area contributed by atoms with Crippen molar-refractivity contribution in [1.82, 2.24) is 9.47 Å². The van der Waals surface area contributed by atoms with Crippen LogP contribution in [0.15, 0.2) is 54.7 Å². The molecule has 174 valence electrons. The molecular weight excluding hydrogens is 420 g/mol. The van der Waals surface area contributed by atoms with E-state index in [1.165, 1.54) is 5.56 Å². The third-order valence-electron chi connectivity index (χ3n) is 6.60. The lowest BCUT2D eigenvalue weighted by Crippen LogP contribution is -2.40. The Balaban J connectivity index is 1.59. The van der Waals surface area contributed by atoms with E-state index in [0.29, 0.717) is 30.3 Å². The number of carboxylic acid groups (broad SMARTS) is 2. The van der Waals surface area contributed by atoms with E-state index < -0.39 is 18.0 Å². The summed E-state index contributed by atoms with van der Waals surface area (Å²) in [5, 5.41) is 20.1. The van der Waals surface area contributed by atoms with Crippen molar-refractivity contribution < 1.29 is 24.5 Å². The molecule has 1 aliphatic rings. The van der Waals surface area contributed by atoms with Crippen LogP contribution in [0.3, 0.4) is 0 Å². The number of carbonyl (C=O) groups is 2. The van der Waals surface area contributed by atoms with Gasteiger partial charge in [-0.15, -0.1) is 0 Å². The third-order valence-corrected chi connectivity index (χ3v) is 6.60.